The number of benzene rings is 1. The Hall–Kier alpha value is -2.11. The average Bonchev–Trinajstić information content (AvgIpc) is 2.96. The lowest BCUT2D eigenvalue weighted by atomic mass is 10.2. The fraction of sp³-hybridized carbons (Fsp3) is 0.200. The number of thiophene rings is 1. The minimum Gasteiger partial charge on any atom is -0.490 e. The number of carbonyl (C=O) groups is 1. The summed E-state index contributed by atoms with van der Waals surface area (Å²) in [5.74, 6) is -2.98. The first-order chi connectivity index (χ1) is 11.0. The number of hydrogen-bond acceptors (Lipinski definition) is 6. The third kappa shape index (κ3) is 4.43. The maximum atomic E-state index is 12.5. The fourth-order valence-electron chi connectivity index (χ4n) is 1.71. The van der Waals surface area contributed by atoms with Gasteiger partial charge in [0.15, 0.2) is 11.5 Å². The van der Waals surface area contributed by atoms with Gasteiger partial charge in [-0.1, -0.05) is 11.8 Å². The highest BCUT2D eigenvalue weighted by Crippen LogP contribution is 2.34. The number of thioether (sulfide) groups is 1. The second-order valence-electron chi connectivity index (χ2n) is 4.09. The van der Waals surface area contributed by atoms with E-state index < -0.39 is 11.7 Å². The van der Waals surface area contributed by atoms with Gasteiger partial charge in [-0.05, 0) is 30.5 Å². The summed E-state index contributed by atoms with van der Waals surface area (Å²) in [7, 11) is 0. The number of alkyl halides is 2. The summed E-state index contributed by atoms with van der Waals surface area (Å²) >= 11 is 1.32. The molecule has 23 heavy (non-hydrogen) atoms. The van der Waals surface area contributed by atoms with Gasteiger partial charge in [0.1, 0.15) is 4.88 Å². The lowest BCUT2D eigenvalue weighted by Gasteiger charge is -2.10. The van der Waals surface area contributed by atoms with Gasteiger partial charge < -0.3 is 9.47 Å². The monoisotopic (exact) mass is 355 g/mol. The van der Waals surface area contributed by atoms with Gasteiger partial charge in [0.2, 0.25) is 0 Å². The van der Waals surface area contributed by atoms with Gasteiger partial charge in [0.25, 0.3) is 5.76 Å². The summed E-state index contributed by atoms with van der Waals surface area (Å²) in [4.78, 5) is 12.5. The van der Waals surface area contributed by atoms with E-state index in [1.807, 2.05) is 6.07 Å². The standard InChI is InChI=1S/C15H11F2NO3S2/c1-2-20-11-7-9(8-18)3-4-10(11)21-14(19)13-12(5-6-22-13)23-15(16)17/h3-7,15H,2H2,1H3. The number of ether oxygens (including phenoxy) is 2. The molecule has 2 rings (SSSR count). The van der Waals surface area contributed by atoms with Gasteiger partial charge in [0, 0.05) is 11.0 Å². The zero-order valence-corrected chi connectivity index (χ0v) is 13.5. The molecule has 0 aliphatic carbocycles. The molecule has 1 aromatic heterocycles. The van der Waals surface area contributed by atoms with Crippen LogP contribution in [0.4, 0.5) is 8.78 Å². The number of rotatable bonds is 6. The van der Waals surface area contributed by atoms with Crippen molar-refractivity contribution in [1.29, 1.82) is 5.26 Å². The summed E-state index contributed by atoms with van der Waals surface area (Å²) in [6, 6.07) is 7.78. The number of nitriles is 1. The van der Waals surface area contributed by atoms with Gasteiger partial charge in [0.05, 0.1) is 18.2 Å². The highest BCUT2D eigenvalue weighted by Gasteiger charge is 2.20. The van der Waals surface area contributed by atoms with Crippen molar-refractivity contribution < 1.29 is 23.0 Å². The Morgan fingerprint density at radius 3 is 2.83 bits per heavy atom. The van der Waals surface area contributed by atoms with Crippen molar-refractivity contribution in [1.82, 2.24) is 0 Å². The molecule has 0 N–H and O–H groups in total. The molecule has 0 amide bonds. The van der Waals surface area contributed by atoms with E-state index in [1.54, 1.807) is 12.3 Å². The van der Waals surface area contributed by atoms with Gasteiger partial charge in [-0.15, -0.1) is 11.3 Å². The summed E-state index contributed by atoms with van der Waals surface area (Å²) in [6.07, 6.45) is 0. The third-order valence-electron chi connectivity index (χ3n) is 2.61. The quantitative estimate of drug-likeness (QED) is 0.432. The Labute approximate surface area is 139 Å². The SMILES string of the molecule is CCOc1cc(C#N)ccc1OC(=O)c1sccc1SC(F)F. The molecule has 0 fully saturated rings. The first kappa shape index (κ1) is 17.2. The average molecular weight is 355 g/mol. The maximum Gasteiger partial charge on any atom is 0.355 e. The Morgan fingerprint density at radius 1 is 1.39 bits per heavy atom. The Morgan fingerprint density at radius 2 is 2.17 bits per heavy atom. The normalized spacial score (nSPS) is 10.4. The first-order valence-corrected chi connectivity index (χ1v) is 8.22. The summed E-state index contributed by atoms with van der Waals surface area (Å²) < 4.78 is 35.5. The molecular weight excluding hydrogens is 344 g/mol. The number of esters is 1. The maximum absolute atomic E-state index is 12.5. The fourth-order valence-corrected chi connectivity index (χ4v) is 3.28. The van der Waals surface area contributed by atoms with Crippen molar-refractivity contribution in [3.05, 3.63) is 40.1 Å². The molecule has 0 radical (unpaired) electrons. The molecule has 0 unspecified atom stereocenters. The van der Waals surface area contributed by atoms with E-state index in [-0.39, 0.29) is 21.3 Å². The molecule has 1 aromatic carbocycles. The van der Waals surface area contributed by atoms with Crippen molar-refractivity contribution in [3.63, 3.8) is 0 Å². The molecule has 1 heterocycles. The van der Waals surface area contributed by atoms with E-state index in [0.717, 1.165) is 11.3 Å². The zero-order valence-electron chi connectivity index (χ0n) is 11.9. The Balaban J connectivity index is 2.24. The molecular formula is C15H11F2NO3S2. The third-order valence-corrected chi connectivity index (χ3v) is 4.40. The largest absolute Gasteiger partial charge is 0.490 e. The van der Waals surface area contributed by atoms with Crippen LogP contribution in [-0.2, 0) is 0 Å². The molecule has 2 aromatic rings. The van der Waals surface area contributed by atoms with Gasteiger partial charge in [-0.25, -0.2) is 4.79 Å². The minimum atomic E-state index is -2.62. The van der Waals surface area contributed by atoms with Crippen LogP contribution in [0.25, 0.3) is 0 Å². The number of halogens is 2. The van der Waals surface area contributed by atoms with Gasteiger partial charge >= 0.3 is 5.97 Å². The van der Waals surface area contributed by atoms with E-state index in [1.165, 1.54) is 24.3 Å². The zero-order chi connectivity index (χ0) is 16.8. The van der Waals surface area contributed by atoms with Crippen LogP contribution in [0.15, 0.2) is 34.5 Å². The molecule has 0 saturated carbocycles. The molecule has 0 saturated heterocycles. The second kappa shape index (κ2) is 7.94. The molecule has 0 aliphatic rings. The predicted octanol–water partition coefficient (Wildman–Crippen LogP) is 4.55. The van der Waals surface area contributed by atoms with Crippen LogP contribution >= 0.6 is 23.1 Å². The first-order valence-electron chi connectivity index (χ1n) is 6.46. The van der Waals surface area contributed by atoms with E-state index in [0.29, 0.717) is 23.9 Å². The molecule has 0 bridgehead atoms. The van der Waals surface area contributed by atoms with E-state index in [4.69, 9.17) is 14.7 Å². The number of nitrogens with zero attached hydrogens (tertiary/aromatic N) is 1. The van der Waals surface area contributed by atoms with Crippen LogP contribution in [-0.4, -0.2) is 18.3 Å². The van der Waals surface area contributed by atoms with Crippen molar-refractivity contribution in [2.24, 2.45) is 0 Å². The smallest absolute Gasteiger partial charge is 0.355 e. The predicted molar refractivity (Wildman–Crippen MR) is 83.5 cm³/mol. The van der Waals surface area contributed by atoms with Crippen molar-refractivity contribution in [2.45, 2.75) is 17.6 Å². The van der Waals surface area contributed by atoms with Crippen LogP contribution in [0.1, 0.15) is 22.2 Å². The van der Waals surface area contributed by atoms with Gasteiger partial charge in [-0.3, -0.25) is 0 Å². The molecule has 0 aliphatic heterocycles. The molecule has 0 spiro atoms. The second-order valence-corrected chi connectivity index (χ2v) is 6.04. The molecule has 4 nitrogen and oxygen atoms in total. The minimum absolute atomic E-state index is 0.0992. The topological polar surface area (TPSA) is 59.3 Å². The Bertz CT molecular complexity index is 741. The van der Waals surface area contributed by atoms with Crippen molar-refractivity contribution in [3.8, 4) is 17.6 Å². The summed E-state index contributed by atoms with van der Waals surface area (Å²) in [6.45, 7) is 2.08. The Kier molecular flexibility index (Phi) is 5.96. The van der Waals surface area contributed by atoms with E-state index in [2.05, 4.69) is 0 Å². The highest BCUT2D eigenvalue weighted by molar-refractivity contribution is 7.99. The highest BCUT2D eigenvalue weighted by atomic mass is 32.2. The molecule has 8 heteroatoms. The van der Waals surface area contributed by atoms with Crippen LogP contribution in [0, 0.1) is 11.3 Å². The van der Waals surface area contributed by atoms with Crippen LogP contribution in [0.5, 0.6) is 11.5 Å². The lowest BCUT2D eigenvalue weighted by molar-refractivity contribution is 0.0730. The summed E-state index contributed by atoms with van der Waals surface area (Å²) in [5.41, 5.74) is 0.360. The lowest BCUT2D eigenvalue weighted by Crippen LogP contribution is -2.09. The van der Waals surface area contributed by atoms with E-state index >= 15 is 0 Å². The van der Waals surface area contributed by atoms with Crippen LogP contribution in [0.3, 0.4) is 0 Å². The van der Waals surface area contributed by atoms with Crippen molar-refractivity contribution in [2.75, 3.05) is 6.61 Å². The summed E-state index contributed by atoms with van der Waals surface area (Å²) in [5, 5.41) is 10.4. The number of carbonyl (C=O) groups excluding carboxylic acids is 1. The molecule has 120 valence electrons. The molecule has 0 atom stereocenters. The van der Waals surface area contributed by atoms with E-state index in [9.17, 15) is 13.6 Å². The number of hydrogen-bond donors (Lipinski definition) is 0. The van der Waals surface area contributed by atoms with Crippen LogP contribution in [0.2, 0.25) is 0 Å². The van der Waals surface area contributed by atoms with Crippen molar-refractivity contribution >= 4 is 29.1 Å². The van der Waals surface area contributed by atoms with Gasteiger partial charge in [-0.2, -0.15) is 14.0 Å². The van der Waals surface area contributed by atoms with Crippen LogP contribution < -0.4 is 9.47 Å².